The molecule has 0 heterocycles. The molecule has 0 aliphatic rings. The summed E-state index contributed by atoms with van der Waals surface area (Å²) in [6.07, 6.45) is -0.123. The average molecular weight is 450 g/mol. The van der Waals surface area contributed by atoms with Crippen LogP contribution in [0, 0.1) is 0 Å². The minimum absolute atomic E-state index is 0.123. The number of rotatable bonds is 11. The molecule has 3 aromatic carbocycles. The third kappa shape index (κ3) is 6.70. The van der Waals surface area contributed by atoms with Gasteiger partial charge in [-0.25, -0.2) is 0 Å². The van der Waals surface area contributed by atoms with E-state index < -0.39 is 0 Å². The van der Waals surface area contributed by atoms with Gasteiger partial charge in [0.05, 0.1) is 12.7 Å². The molecule has 0 aliphatic carbocycles. The molecule has 0 bridgehead atoms. The fraction of sp³-hybridized carbons (Fsp3) is 0.286. The van der Waals surface area contributed by atoms with Crippen molar-refractivity contribution in [2.45, 2.75) is 13.0 Å². The fourth-order valence-electron chi connectivity index (χ4n) is 3.65. The van der Waals surface area contributed by atoms with E-state index in [0.29, 0.717) is 19.1 Å². The molecule has 32 heavy (non-hydrogen) atoms. The van der Waals surface area contributed by atoms with Gasteiger partial charge in [-0.2, -0.15) is 0 Å². The number of hydrogen-bond donors (Lipinski definition) is 0. The van der Waals surface area contributed by atoms with Crippen molar-refractivity contribution in [3.8, 4) is 5.75 Å². The molecule has 1 atom stereocenters. The highest BCUT2D eigenvalue weighted by molar-refractivity contribution is 6.18. The largest absolute Gasteiger partial charge is 0.492 e. The summed E-state index contributed by atoms with van der Waals surface area (Å²) in [5, 5.41) is 0. The molecule has 3 rings (SSSR count). The van der Waals surface area contributed by atoms with Crippen molar-refractivity contribution in [1.82, 2.24) is 4.90 Å². The molecule has 3 aromatic rings. The summed E-state index contributed by atoms with van der Waals surface area (Å²) in [6, 6.07) is 29.3. The minimum atomic E-state index is -0.123. The molecule has 0 aromatic heterocycles. The van der Waals surface area contributed by atoms with Gasteiger partial charge in [-0.15, -0.1) is 11.6 Å². The second kappa shape index (κ2) is 12.4. The monoisotopic (exact) mass is 449 g/mol. The fourth-order valence-corrected chi connectivity index (χ4v) is 3.74. The third-order valence-corrected chi connectivity index (χ3v) is 5.37. The molecule has 3 nitrogen and oxygen atoms in total. The Balaban J connectivity index is 2.08. The van der Waals surface area contributed by atoms with E-state index >= 15 is 0 Å². The highest BCUT2D eigenvalue weighted by atomic mass is 35.5. The lowest BCUT2D eigenvalue weighted by Gasteiger charge is -2.23. The number of benzene rings is 3. The topological polar surface area (TPSA) is 21.7 Å². The molecule has 0 saturated heterocycles. The molecule has 0 fully saturated rings. The number of halogens is 1. The Bertz CT molecular complexity index is 969. The summed E-state index contributed by atoms with van der Waals surface area (Å²) in [5.41, 5.74) is 5.70. The van der Waals surface area contributed by atoms with Gasteiger partial charge in [-0.3, -0.25) is 0 Å². The van der Waals surface area contributed by atoms with Gasteiger partial charge in [-0.1, -0.05) is 72.8 Å². The lowest BCUT2D eigenvalue weighted by Crippen LogP contribution is -2.19. The Kier molecular flexibility index (Phi) is 9.36. The summed E-state index contributed by atoms with van der Waals surface area (Å²) in [5.74, 6) is 1.34. The normalized spacial score (nSPS) is 13.0. The van der Waals surface area contributed by atoms with Gasteiger partial charge in [-0.05, 0) is 61.0 Å². The van der Waals surface area contributed by atoms with Crippen molar-refractivity contribution < 1.29 is 9.47 Å². The standard InChI is InChI=1S/C28H32ClNO2/c1-22(31-20-18-29)27(23-10-6-4-7-11-23)28(24-12-8-5-9-13-24)25-14-16-26(17-15-25)32-21-19-30(2)3/h4-17,22H,18-21H2,1-3H3/b28-27-. The molecule has 0 amide bonds. The Morgan fingerprint density at radius 2 is 1.34 bits per heavy atom. The predicted molar refractivity (Wildman–Crippen MR) is 135 cm³/mol. The van der Waals surface area contributed by atoms with Crippen LogP contribution in [-0.4, -0.2) is 50.7 Å². The average Bonchev–Trinajstić information content (AvgIpc) is 2.82. The van der Waals surface area contributed by atoms with Gasteiger partial charge in [0.25, 0.3) is 0 Å². The van der Waals surface area contributed by atoms with Gasteiger partial charge < -0.3 is 14.4 Å². The Morgan fingerprint density at radius 3 is 1.91 bits per heavy atom. The Morgan fingerprint density at radius 1 is 0.781 bits per heavy atom. The second-order valence-corrected chi connectivity index (χ2v) is 8.28. The van der Waals surface area contributed by atoms with Gasteiger partial charge in [0.15, 0.2) is 0 Å². The van der Waals surface area contributed by atoms with Gasteiger partial charge in [0.1, 0.15) is 12.4 Å². The number of alkyl halides is 1. The second-order valence-electron chi connectivity index (χ2n) is 7.90. The maximum absolute atomic E-state index is 6.11. The summed E-state index contributed by atoms with van der Waals surface area (Å²) in [4.78, 5) is 2.11. The zero-order valence-corrected chi connectivity index (χ0v) is 19.9. The van der Waals surface area contributed by atoms with E-state index in [1.807, 2.05) is 38.4 Å². The van der Waals surface area contributed by atoms with Crippen LogP contribution >= 0.6 is 11.6 Å². The number of nitrogens with zero attached hydrogens (tertiary/aromatic N) is 1. The van der Waals surface area contributed by atoms with Gasteiger partial charge >= 0.3 is 0 Å². The van der Waals surface area contributed by atoms with Crippen molar-refractivity contribution in [3.05, 3.63) is 102 Å². The van der Waals surface area contributed by atoms with Crippen molar-refractivity contribution >= 4 is 22.7 Å². The van der Waals surface area contributed by atoms with Crippen molar-refractivity contribution in [3.63, 3.8) is 0 Å². The number of ether oxygens (including phenoxy) is 2. The van der Waals surface area contributed by atoms with Crippen LogP contribution in [0.1, 0.15) is 23.6 Å². The highest BCUT2D eigenvalue weighted by Crippen LogP contribution is 2.36. The molecule has 0 radical (unpaired) electrons. The van der Waals surface area contributed by atoms with E-state index in [4.69, 9.17) is 21.1 Å². The smallest absolute Gasteiger partial charge is 0.119 e. The number of hydrogen-bond acceptors (Lipinski definition) is 3. The molecular weight excluding hydrogens is 418 g/mol. The third-order valence-electron chi connectivity index (χ3n) is 5.22. The summed E-state index contributed by atoms with van der Waals surface area (Å²) >= 11 is 5.93. The molecule has 0 N–H and O–H groups in total. The van der Waals surface area contributed by atoms with Crippen LogP contribution in [0.5, 0.6) is 5.75 Å². The molecule has 0 saturated carbocycles. The summed E-state index contributed by atoms with van der Waals surface area (Å²) in [6.45, 7) is 4.13. The van der Waals surface area contributed by atoms with E-state index in [9.17, 15) is 0 Å². The first-order valence-electron chi connectivity index (χ1n) is 11.0. The van der Waals surface area contributed by atoms with Crippen LogP contribution in [0.2, 0.25) is 0 Å². The van der Waals surface area contributed by atoms with Crippen LogP contribution in [-0.2, 0) is 4.74 Å². The lowest BCUT2D eigenvalue weighted by molar-refractivity contribution is 0.118. The molecule has 168 valence electrons. The first-order chi connectivity index (χ1) is 15.6. The van der Waals surface area contributed by atoms with E-state index in [0.717, 1.165) is 40.1 Å². The minimum Gasteiger partial charge on any atom is -0.492 e. The number of likely N-dealkylation sites (N-methyl/N-ethyl adjacent to an activating group) is 1. The first kappa shape index (κ1) is 24.1. The van der Waals surface area contributed by atoms with Crippen LogP contribution in [0.25, 0.3) is 11.1 Å². The predicted octanol–water partition coefficient (Wildman–Crippen LogP) is 6.23. The van der Waals surface area contributed by atoms with Gasteiger partial charge in [0, 0.05) is 12.4 Å². The maximum Gasteiger partial charge on any atom is 0.119 e. The maximum atomic E-state index is 6.11. The van der Waals surface area contributed by atoms with Crippen LogP contribution in [0.4, 0.5) is 0 Å². The zero-order valence-electron chi connectivity index (χ0n) is 19.1. The van der Waals surface area contributed by atoms with Crippen LogP contribution < -0.4 is 4.74 Å². The molecular formula is C28H32ClNO2. The van der Waals surface area contributed by atoms with Crippen molar-refractivity contribution in [1.29, 1.82) is 0 Å². The summed E-state index contributed by atoms with van der Waals surface area (Å²) < 4.78 is 12.0. The SMILES string of the molecule is CC(OCCCl)/C(=C(\c1ccccc1)c1ccc(OCCN(C)C)cc1)c1ccccc1. The molecule has 1 unspecified atom stereocenters. The van der Waals surface area contributed by atoms with E-state index in [2.05, 4.69) is 72.5 Å². The lowest BCUT2D eigenvalue weighted by atomic mass is 9.87. The van der Waals surface area contributed by atoms with Crippen molar-refractivity contribution in [2.24, 2.45) is 0 Å². The Labute approximate surface area is 197 Å². The molecule has 0 spiro atoms. The van der Waals surface area contributed by atoms with Crippen LogP contribution in [0.15, 0.2) is 84.9 Å². The highest BCUT2D eigenvalue weighted by Gasteiger charge is 2.20. The summed E-state index contributed by atoms with van der Waals surface area (Å²) in [7, 11) is 4.09. The molecule has 0 aliphatic heterocycles. The van der Waals surface area contributed by atoms with Crippen LogP contribution in [0.3, 0.4) is 0 Å². The van der Waals surface area contributed by atoms with Crippen molar-refractivity contribution in [2.75, 3.05) is 39.7 Å². The zero-order chi connectivity index (χ0) is 22.8. The first-order valence-corrected chi connectivity index (χ1v) is 11.5. The Hall–Kier alpha value is -2.59. The molecule has 4 heteroatoms. The quantitative estimate of drug-likeness (QED) is 0.256. The van der Waals surface area contributed by atoms with E-state index in [1.165, 1.54) is 0 Å². The van der Waals surface area contributed by atoms with E-state index in [1.54, 1.807) is 0 Å². The van der Waals surface area contributed by atoms with Gasteiger partial charge in [0.2, 0.25) is 0 Å². The van der Waals surface area contributed by atoms with E-state index in [-0.39, 0.29) is 6.10 Å².